The molecule has 21 heavy (non-hydrogen) atoms. The summed E-state index contributed by atoms with van der Waals surface area (Å²) in [6.07, 6.45) is 1.68. The summed E-state index contributed by atoms with van der Waals surface area (Å²) in [6, 6.07) is 11.6. The molecule has 0 saturated carbocycles. The van der Waals surface area contributed by atoms with Crippen LogP contribution in [0.3, 0.4) is 0 Å². The van der Waals surface area contributed by atoms with E-state index in [1.807, 2.05) is 43.3 Å². The van der Waals surface area contributed by atoms with E-state index in [0.717, 1.165) is 16.6 Å². The van der Waals surface area contributed by atoms with Gasteiger partial charge in [-0.15, -0.1) is 0 Å². The highest BCUT2D eigenvalue weighted by atomic mass is 16.5. The van der Waals surface area contributed by atoms with E-state index in [0.29, 0.717) is 19.0 Å². The standard InChI is InChI=1S/C16H17N3O2/c1-3-18-13-8-4-5-9-14(13)19(16(18)20)11-12-7-6-10-17-15(12)21-2/h4-10H,3,11H2,1-2H3. The van der Waals surface area contributed by atoms with E-state index >= 15 is 0 Å². The molecule has 3 aromatic rings. The van der Waals surface area contributed by atoms with Crippen molar-refractivity contribution in [2.24, 2.45) is 0 Å². The highest BCUT2D eigenvalue weighted by Crippen LogP contribution is 2.18. The number of benzene rings is 1. The zero-order valence-electron chi connectivity index (χ0n) is 12.1. The van der Waals surface area contributed by atoms with Crippen LogP contribution in [0.4, 0.5) is 0 Å². The van der Waals surface area contributed by atoms with Crippen molar-refractivity contribution in [3.8, 4) is 5.88 Å². The molecule has 0 aliphatic carbocycles. The third kappa shape index (κ3) is 2.20. The van der Waals surface area contributed by atoms with Crippen molar-refractivity contribution in [3.05, 3.63) is 58.6 Å². The van der Waals surface area contributed by atoms with E-state index in [4.69, 9.17) is 4.74 Å². The molecule has 0 spiro atoms. The molecule has 5 nitrogen and oxygen atoms in total. The maximum absolute atomic E-state index is 12.6. The largest absolute Gasteiger partial charge is 0.481 e. The highest BCUT2D eigenvalue weighted by molar-refractivity contribution is 5.76. The normalized spacial score (nSPS) is 11.0. The lowest BCUT2D eigenvalue weighted by atomic mass is 10.2. The Morgan fingerprint density at radius 2 is 1.81 bits per heavy atom. The minimum atomic E-state index is -0.00962. The third-order valence-corrected chi connectivity index (χ3v) is 3.61. The van der Waals surface area contributed by atoms with Crippen molar-refractivity contribution in [2.45, 2.75) is 20.0 Å². The number of hydrogen-bond acceptors (Lipinski definition) is 3. The molecule has 0 aliphatic rings. The van der Waals surface area contributed by atoms with E-state index in [2.05, 4.69) is 4.98 Å². The van der Waals surface area contributed by atoms with Gasteiger partial charge in [-0.3, -0.25) is 9.13 Å². The van der Waals surface area contributed by atoms with Gasteiger partial charge in [0.15, 0.2) is 0 Å². The second-order valence-corrected chi connectivity index (χ2v) is 4.77. The molecule has 0 saturated heterocycles. The molecule has 0 amide bonds. The van der Waals surface area contributed by atoms with Gasteiger partial charge in [0, 0.05) is 18.3 Å². The summed E-state index contributed by atoms with van der Waals surface area (Å²) in [7, 11) is 1.59. The van der Waals surface area contributed by atoms with Crippen molar-refractivity contribution in [2.75, 3.05) is 7.11 Å². The van der Waals surface area contributed by atoms with Gasteiger partial charge in [0.05, 0.1) is 24.7 Å². The number of fused-ring (bicyclic) bond motifs is 1. The van der Waals surface area contributed by atoms with Gasteiger partial charge in [-0.05, 0) is 25.1 Å². The summed E-state index contributed by atoms with van der Waals surface area (Å²) in [4.78, 5) is 16.8. The predicted octanol–water partition coefficient (Wildman–Crippen LogP) is 2.27. The zero-order valence-corrected chi connectivity index (χ0v) is 12.1. The fourth-order valence-corrected chi connectivity index (χ4v) is 2.63. The molecule has 0 bridgehead atoms. The first kappa shape index (κ1) is 13.4. The number of ether oxygens (including phenoxy) is 1. The van der Waals surface area contributed by atoms with Crippen molar-refractivity contribution in [1.29, 1.82) is 0 Å². The van der Waals surface area contributed by atoms with Crippen molar-refractivity contribution >= 4 is 11.0 Å². The Morgan fingerprint density at radius 1 is 1.10 bits per heavy atom. The van der Waals surface area contributed by atoms with E-state index in [9.17, 15) is 4.79 Å². The van der Waals surface area contributed by atoms with Crippen molar-refractivity contribution in [1.82, 2.24) is 14.1 Å². The molecular weight excluding hydrogens is 266 g/mol. The number of hydrogen-bond donors (Lipinski definition) is 0. The predicted molar refractivity (Wildman–Crippen MR) is 81.8 cm³/mol. The maximum atomic E-state index is 12.6. The lowest BCUT2D eigenvalue weighted by Gasteiger charge is -2.07. The van der Waals surface area contributed by atoms with Crippen LogP contribution in [0, 0.1) is 0 Å². The van der Waals surface area contributed by atoms with Crippen LogP contribution in [0.2, 0.25) is 0 Å². The Kier molecular flexibility index (Phi) is 3.48. The molecule has 0 atom stereocenters. The molecular formula is C16H17N3O2. The fraction of sp³-hybridized carbons (Fsp3) is 0.250. The Hall–Kier alpha value is -2.56. The van der Waals surface area contributed by atoms with E-state index in [-0.39, 0.29) is 5.69 Å². The fourth-order valence-electron chi connectivity index (χ4n) is 2.63. The van der Waals surface area contributed by atoms with Crippen LogP contribution in [-0.2, 0) is 13.1 Å². The molecule has 0 unspecified atom stereocenters. The Balaban J connectivity index is 2.17. The summed E-state index contributed by atoms with van der Waals surface area (Å²) < 4.78 is 8.81. The number of imidazole rings is 1. The highest BCUT2D eigenvalue weighted by Gasteiger charge is 2.13. The molecule has 2 heterocycles. The smallest absolute Gasteiger partial charge is 0.329 e. The van der Waals surface area contributed by atoms with Gasteiger partial charge < -0.3 is 4.74 Å². The summed E-state index contributed by atoms with van der Waals surface area (Å²) >= 11 is 0. The van der Waals surface area contributed by atoms with Gasteiger partial charge in [-0.1, -0.05) is 18.2 Å². The van der Waals surface area contributed by atoms with Gasteiger partial charge in [-0.25, -0.2) is 9.78 Å². The molecule has 3 rings (SSSR count). The van der Waals surface area contributed by atoms with Gasteiger partial charge in [-0.2, -0.15) is 0 Å². The zero-order chi connectivity index (χ0) is 14.8. The van der Waals surface area contributed by atoms with E-state index in [1.54, 1.807) is 22.4 Å². The lowest BCUT2D eigenvalue weighted by molar-refractivity contribution is 0.391. The molecule has 2 aromatic heterocycles. The number of pyridine rings is 1. The van der Waals surface area contributed by atoms with E-state index < -0.39 is 0 Å². The second-order valence-electron chi connectivity index (χ2n) is 4.77. The number of aryl methyl sites for hydroxylation is 1. The number of para-hydroxylation sites is 2. The third-order valence-electron chi connectivity index (χ3n) is 3.61. The SMILES string of the molecule is CCn1c(=O)n(Cc2cccnc2OC)c2ccccc21. The van der Waals surface area contributed by atoms with Crippen LogP contribution >= 0.6 is 0 Å². The van der Waals surface area contributed by atoms with Crippen LogP contribution in [0.25, 0.3) is 11.0 Å². The van der Waals surface area contributed by atoms with Crippen molar-refractivity contribution < 1.29 is 4.74 Å². The molecule has 0 radical (unpaired) electrons. The minimum Gasteiger partial charge on any atom is -0.481 e. The minimum absolute atomic E-state index is 0.00962. The molecule has 0 N–H and O–H groups in total. The molecule has 0 aliphatic heterocycles. The van der Waals surface area contributed by atoms with Crippen LogP contribution in [0.15, 0.2) is 47.4 Å². The van der Waals surface area contributed by atoms with Gasteiger partial charge in [0.2, 0.25) is 5.88 Å². The number of methoxy groups -OCH3 is 1. The monoisotopic (exact) mass is 283 g/mol. The average Bonchev–Trinajstić information content (AvgIpc) is 2.80. The molecule has 0 fully saturated rings. The Bertz CT molecular complexity index is 833. The molecule has 108 valence electrons. The Morgan fingerprint density at radius 3 is 2.48 bits per heavy atom. The van der Waals surface area contributed by atoms with Crippen molar-refractivity contribution in [3.63, 3.8) is 0 Å². The number of rotatable bonds is 4. The molecule has 1 aromatic carbocycles. The first-order chi connectivity index (χ1) is 10.3. The topological polar surface area (TPSA) is 49.0 Å². The van der Waals surface area contributed by atoms with Gasteiger partial charge in [0.1, 0.15) is 0 Å². The van der Waals surface area contributed by atoms with Crippen LogP contribution in [0.5, 0.6) is 5.88 Å². The van der Waals surface area contributed by atoms with Crippen LogP contribution in [-0.4, -0.2) is 21.2 Å². The van der Waals surface area contributed by atoms with Gasteiger partial charge >= 0.3 is 5.69 Å². The average molecular weight is 283 g/mol. The second kappa shape index (κ2) is 5.44. The maximum Gasteiger partial charge on any atom is 0.329 e. The van der Waals surface area contributed by atoms with Crippen LogP contribution < -0.4 is 10.4 Å². The summed E-state index contributed by atoms with van der Waals surface area (Å²) in [5.74, 6) is 0.553. The summed E-state index contributed by atoms with van der Waals surface area (Å²) in [5.41, 5.74) is 2.76. The Labute approximate surface area is 122 Å². The number of nitrogens with zero attached hydrogens (tertiary/aromatic N) is 3. The number of aromatic nitrogens is 3. The van der Waals surface area contributed by atoms with Gasteiger partial charge in [0.25, 0.3) is 0 Å². The first-order valence-electron chi connectivity index (χ1n) is 6.92. The lowest BCUT2D eigenvalue weighted by Crippen LogP contribution is -2.24. The summed E-state index contributed by atoms with van der Waals surface area (Å²) in [5, 5.41) is 0. The molecule has 5 heteroatoms. The quantitative estimate of drug-likeness (QED) is 0.738. The summed E-state index contributed by atoms with van der Waals surface area (Å²) in [6.45, 7) is 3.07. The first-order valence-corrected chi connectivity index (χ1v) is 6.92. The van der Waals surface area contributed by atoms with Crippen LogP contribution in [0.1, 0.15) is 12.5 Å². The van der Waals surface area contributed by atoms with E-state index in [1.165, 1.54) is 0 Å².